The van der Waals surface area contributed by atoms with Gasteiger partial charge in [0.2, 0.25) is 0 Å². The van der Waals surface area contributed by atoms with E-state index in [1.807, 2.05) is 0 Å². The summed E-state index contributed by atoms with van der Waals surface area (Å²) in [6, 6.07) is 4.53. The number of carbonyl (C=O) groups excluding carboxylic acids is 1. The van der Waals surface area contributed by atoms with Gasteiger partial charge in [-0.3, -0.25) is 14.2 Å². The number of methoxy groups -OCH3 is 1. The van der Waals surface area contributed by atoms with Crippen LogP contribution in [0.3, 0.4) is 0 Å². The van der Waals surface area contributed by atoms with Gasteiger partial charge in [-0.15, -0.1) is 11.8 Å². The Hall–Kier alpha value is -1.94. The lowest BCUT2D eigenvalue weighted by Crippen LogP contribution is -2.26. The lowest BCUT2D eigenvalue weighted by molar-refractivity contribution is -0.140. The molecule has 1 unspecified atom stereocenters. The van der Waals surface area contributed by atoms with Crippen molar-refractivity contribution in [3.05, 3.63) is 45.9 Å². The van der Waals surface area contributed by atoms with Gasteiger partial charge in [-0.1, -0.05) is 24.8 Å². The minimum atomic E-state index is -4.54. The summed E-state index contributed by atoms with van der Waals surface area (Å²) < 4.78 is 45.4. The molecule has 1 atom stereocenters. The maximum atomic E-state index is 13.1. The summed E-state index contributed by atoms with van der Waals surface area (Å²) >= 11 is 2.36. The number of thioether (sulfide) groups is 2. The van der Waals surface area contributed by atoms with Crippen LogP contribution in [0, 0.1) is 0 Å². The van der Waals surface area contributed by atoms with Crippen LogP contribution in [0.5, 0.6) is 0 Å². The molecule has 1 aliphatic rings. The quantitative estimate of drug-likeness (QED) is 0.407. The first kappa shape index (κ1) is 20.8. The fraction of sp³-hybridized carbons (Fsp3) is 0.389. The van der Waals surface area contributed by atoms with Gasteiger partial charge in [0.05, 0.1) is 29.0 Å². The van der Waals surface area contributed by atoms with Crippen molar-refractivity contribution in [1.82, 2.24) is 9.55 Å². The highest BCUT2D eigenvalue weighted by atomic mass is 32.2. The first-order valence-corrected chi connectivity index (χ1v) is 10.3. The average molecular weight is 430 g/mol. The molecule has 0 amide bonds. The van der Waals surface area contributed by atoms with Crippen molar-refractivity contribution in [3.8, 4) is 5.69 Å². The average Bonchev–Trinajstić information content (AvgIpc) is 3.14. The van der Waals surface area contributed by atoms with Gasteiger partial charge in [-0.25, -0.2) is 4.98 Å². The van der Waals surface area contributed by atoms with Gasteiger partial charge in [0.1, 0.15) is 5.25 Å². The SMILES string of the molecule is CCC(Sc1nc2c(c(=O)n1-c1cccc(C(F)(F)F)c1)SCC2)C(=O)OC. The summed E-state index contributed by atoms with van der Waals surface area (Å²) in [5.41, 5.74) is -0.611. The molecule has 0 radical (unpaired) electrons. The number of nitrogens with zero attached hydrogens (tertiary/aromatic N) is 2. The van der Waals surface area contributed by atoms with Gasteiger partial charge in [-0.2, -0.15) is 13.2 Å². The van der Waals surface area contributed by atoms with E-state index in [2.05, 4.69) is 4.98 Å². The predicted molar refractivity (Wildman–Crippen MR) is 101 cm³/mol. The first-order chi connectivity index (χ1) is 13.3. The second-order valence-electron chi connectivity index (χ2n) is 6.00. The van der Waals surface area contributed by atoms with Crippen molar-refractivity contribution in [2.45, 2.75) is 41.2 Å². The number of carbonyl (C=O) groups is 1. The Morgan fingerprint density at radius 3 is 2.82 bits per heavy atom. The summed E-state index contributed by atoms with van der Waals surface area (Å²) in [6.07, 6.45) is -3.52. The Balaban J connectivity index is 2.17. The minimum Gasteiger partial charge on any atom is -0.468 e. The molecule has 0 bridgehead atoms. The molecule has 2 aromatic rings. The summed E-state index contributed by atoms with van der Waals surface area (Å²) in [4.78, 5) is 30.0. The lowest BCUT2D eigenvalue weighted by atomic mass is 10.2. The van der Waals surface area contributed by atoms with Crippen LogP contribution >= 0.6 is 23.5 Å². The number of ether oxygens (including phenoxy) is 1. The first-order valence-electron chi connectivity index (χ1n) is 8.47. The van der Waals surface area contributed by atoms with Crippen LogP contribution in [0.4, 0.5) is 13.2 Å². The van der Waals surface area contributed by atoms with E-state index in [1.54, 1.807) is 6.92 Å². The number of fused-ring (bicyclic) bond motifs is 1. The van der Waals surface area contributed by atoms with E-state index < -0.39 is 28.5 Å². The number of alkyl halides is 3. The summed E-state index contributed by atoms with van der Waals surface area (Å²) in [7, 11) is 1.26. The molecule has 0 spiro atoms. The van der Waals surface area contributed by atoms with Crippen LogP contribution < -0.4 is 5.56 Å². The predicted octanol–water partition coefficient (Wildman–Crippen LogP) is 3.94. The Morgan fingerprint density at radius 2 is 2.18 bits per heavy atom. The van der Waals surface area contributed by atoms with Gasteiger partial charge < -0.3 is 4.74 Å². The third-order valence-corrected chi connectivity index (χ3v) is 6.58. The highest BCUT2D eigenvalue weighted by Gasteiger charge is 2.32. The zero-order valence-electron chi connectivity index (χ0n) is 15.1. The highest BCUT2D eigenvalue weighted by molar-refractivity contribution is 8.00. The highest BCUT2D eigenvalue weighted by Crippen LogP contribution is 2.34. The van der Waals surface area contributed by atoms with Gasteiger partial charge in [0.25, 0.3) is 5.56 Å². The normalized spacial score (nSPS) is 14.6. The molecule has 0 saturated heterocycles. The molecule has 150 valence electrons. The van der Waals surface area contributed by atoms with E-state index in [4.69, 9.17) is 4.74 Å². The van der Waals surface area contributed by atoms with E-state index in [0.717, 1.165) is 28.5 Å². The Labute approximate surface area is 167 Å². The van der Waals surface area contributed by atoms with E-state index in [9.17, 15) is 22.8 Å². The second kappa shape index (κ2) is 8.20. The molecule has 10 heteroatoms. The van der Waals surface area contributed by atoms with Crippen molar-refractivity contribution in [2.75, 3.05) is 12.9 Å². The largest absolute Gasteiger partial charge is 0.468 e. The topological polar surface area (TPSA) is 61.2 Å². The molecule has 3 rings (SSSR count). The molecular weight excluding hydrogens is 413 g/mol. The van der Waals surface area contributed by atoms with Gasteiger partial charge >= 0.3 is 12.1 Å². The molecule has 0 N–H and O–H groups in total. The smallest absolute Gasteiger partial charge is 0.416 e. The molecular formula is C18H17F3N2O3S2. The summed E-state index contributed by atoms with van der Waals surface area (Å²) in [5, 5.41) is -0.441. The number of rotatable bonds is 5. The monoisotopic (exact) mass is 430 g/mol. The number of aromatic nitrogens is 2. The van der Waals surface area contributed by atoms with Crippen LogP contribution in [-0.2, 0) is 22.1 Å². The van der Waals surface area contributed by atoms with Crippen molar-refractivity contribution in [3.63, 3.8) is 0 Å². The van der Waals surface area contributed by atoms with Gasteiger partial charge in [0, 0.05) is 12.2 Å². The van der Waals surface area contributed by atoms with Crippen molar-refractivity contribution in [1.29, 1.82) is 0 Å². The van der Waals surface area contributed by atoms with E-state index in [0.29, 0.717) is 29.2 Å². The number of aryl methyl sites for hydroxylation is 1. The number of hydrogen-bond acceptors (Lipinski definition) is 6. The maximum Gasteiger partial charge on any atom is 0.416 e. The summed E-state index contributed by atoms with van der Waals surface area (Å²) in [6.45, 7) is 1.78. The minimum absolute atomic E-state index is 0.0600. The number of esters is 1. The van der Waals surface area contributed by atoms with E-state index in [-0.39, 0.29) is 10.8 Å². The molecule has 1 aromatic heterocycles. The third kappa shape index (κ3) is 4.07. The number of hydrogen-bond donors (Lipinski definition) is 0. The zero-order valence-corrected chi connectivity index (χ0v) is 16.7. The lowest BCUT2D eigenvalue weighted by Gasteiger charge is -2.18. The molecule has 0 fully saturated rings. The number of benzene rings is 1. The fourth-order valence-electron chi connectivity index (χ4n) is 2.78. The Kier molecular flexibility index (Phi) is 6.09. The van der Waals surface area contributed by atoms with Gasteiger partial charge in [0.15, 0.2) is 5.16 Å². The Morgan fingerprint density at radius 1 is 1.43 bits per heavy atom. The van der Waals surface area contributed by atoms with Crippen LogP contribution in [0.15, 0.2) is 39.1 Å². The molecule has 1 aliphatic heterocycles. The molecule has 1 aromatic carbocycles. The second-order valence-corrected chi connectivity index (χ2v) is 8.27. The molecule has 2 heterocycles. The van der Waals surface area contributed by atoms with Crippen molar-refractivity contribution >= 4 is 29.5 Å². The fourth-order valence-corrected chi connectivity index (χ4v) is 4.88. The van der Waals surface area contributed by atoms with Crippen LogP contribution in [0.1, 0.15) is 24.6 Å². The number of halogens is 3. The van der Waals surface area contributed by atoms with Crippen molar-refractivity contribution in [2.24, 2.45) is 0 Å². The zero-order chi connectivity index (χ0) is 20.5. The molecule has 0 aliphatic carbocycles. The molecule has 28 heavy (non-hydrogen) atoms. The van der Waals surface area contributed by atoms with E-state index >= 15 is 0 Å². The van der Waals surface area contributed by atoms with Crippen LogP contribution in [0.2, 0.25) is 0 Å². The van der Waals surface area contributed by atoms with Gasteiger partial charge in [-0.05, 0) is 24.6 Å². The van der Waals surface area contributed by atoms with Crippen molar-refractivity contribution < 1.29 is 22.7 Å². The van der Waals surface area contributed by atoms with Crippen LogP contribution in [0.25, 0.3) is 5.69 Å². The van der Waals surface area contributed by atoms with Crippen LogP contribution in [-0.4, -0.2) is 33.6 Å². The third-order valence-electron chi connectivity index (χ3n) is 4.18. The maximum absolute atomic E-state index is 13.1. The van der Waals surface area contributed by atoms with E-state index in [1.165, 1.54) is 31.0 Å². The standard InChI is InChI=1S/C18H17F3N2O3S2/c1-3-13(16(25)26-2)28-17-22-12-7-8-27-14(12)15(24)23(17)11-6-4-5-10(9-11)18(19,20)21/h4-6,9,13H,3,7-8H2,1-2H3. The molecule has 5 nitrogen and oxygen atoms in total. The molecule has 0 saturated carbocycles. The summed E-state index contributed by atoms with van der Waals surface area (Å²) in [5.74, 6) is 0.204. The Bertz CT molecular complexity index is 960.